The van der Waals surface area contributed by atoms with Crippen LogP contribution in [0.1, 0.15) is 25.7 Å². The van der Waals surface area contributed by atoms with Gasteiger partial charge in [0.15, 0.2) is 0 Å². The van der Waals surface area contributed by atoms with Crippen LogP contribution in [0.25, 0.3) is 10.9 Å². The van der Waals surface area contributed by atoms with Crippen LogP contribution in [-0.4, -0.2) is 28.2 Å². The Morgan fingerprint density at radius 1 is 1.16 bits per heavy atom. The Bertz CT molecular complexity index is 559. The Kier molecular flexibility index (Phi) is 3.34. The normalized spacial score (nSPS) is 17.7. The summed E-state index contributed by atoms with van der Waals surface area (Å²) in [5.41, 5.74) is 0.982. The summed E-state index contributed by atoms with van der Waals surface area (Å²) in [6, 6.07) is 7.98. The van der Waals surface area contributed by atoms with Crippen LogP contribution in [-0.2, 0) is 0 Å². The molecule has 1 heterocycles. The second kappa shape index (κ2) is 5.13. The number of aliphatic hydroxyl groups excluding tert-OH is 1. The van der Waals surface area contributed by atoms with Gasteiger partial charge in [-0.3, -0.25) is 0 Å². The van der Waals surface area contributed by atoms with E-state index in [1.54, 1.807) is 6.33 Å². The van der Waals surface area contributed by atoms with Crippen molar-refractivity contribution >= 4 is 16.7 Å². The van der Waals surface area contributed by atoms with E-state index in [1.807, 2.05) is 24.3 Å². The molecule has 4 heteroatoms. The molecule has 100 valence electrons. The molecule has 1 saturated carbocycles. The first-order valence-corrected chi connectivity index (χ1v) is 6.87. The van der Waals surface area contributed by atoms with Crippen molar-refractivity contribution in [2.24, 2.45) is 5.41 Å². The summed E-state index contributed by atoms with van der Waals surface area (Å²) < 4.78 is 0. The summed E-state index contributed by atoms with van der Waals surface area (Å²) in [7, 11) is 0. The first-order valence-electron chi connectivity index (χ1n) is 6.87. The smallest absolute Gasteiger partial charge is 0.137 e. The fraction of sp³-hybridized carbons (Fsp3) is 0.467. The number of rotatable bonds is 4. The molecular formula is C15H19N3O. The lowest BCUT2D eigenvalue weighted by molar-refractivity contribution is 0.142. The summed E-state index contributed by atoms with van der Waals surface area (Å²) in [6.45, 7) is 1.04. The van der Waals surface area contributed by atoms with Gasteiger partial charge in [0, 0.05) is 17.3 Å². The Hall–Kier alpha value is -1.68. The molecule has 0 radical (unpaired) electrons. The van der Waals surface area contributed by atoms with Gasteiger partial charge in [0.2, 0.25) is 0 Å². The van der Waals surface area contributed by atoms with Gasteiger partial charge in [-0.05, 0) is 25.0 Å². The monoisotopic (exact) mass is 257 g/mol. The second-order valence-electron chi connectivity index (χ2n) is 5.46. The molecule has 19 heavy (non-hydrogen) atoms. The van der Waals surface area contributed by atoms with Gasteiger partial charge in [0.05, 0.1) is 12.1 Å². The SMILES string of the molecule is OCC1(CNc2ncnc3ccccc23)CCCC1. The lowest BCUT2D eigenvalue weighted by Crippen LogP contribution is -2.30. The molecule has 2 N–H and O–H groups in total. The van der Waals surface area contributed by atoms with Crippen molar-refractivity contribution in [1.29, 1.82) is 0 Å². The van der Waals surface area contributed by atoms with Crippen molar-refractivity contribution in [1.82, 2.24) is 9.97 Å². The molecule has 1 aliphatic rings. The van der Waals surface area contributed by atoms with Crippen LogP contribution in [0.15, 0.2) is 30.6 Å². The Morgan fingerprint density at radius 3 is 2.74 bits per heavy atom. The molecule has 1 aliphatic carbocycles. The summed E-state index contributed by atoms with van der Waals surface area (Å²) in [5.74, 6) is 0.866. The number of para-hydroxylation sites is 1. The number of anilines is 1. The zero-order chi connectivity index (χ0) is 13.1. The van der Waals surface area contributed by atoms with Crippen molar-refractivity contribution in [2.45, 2.75) is 25.7 Å². The molecule has 1 fully saturated rings. The molecule has 3 rings (SSSR count). The van der Waals surface area contributed by atoms with Crippen molar-refractivity contribution in [3.8, 4) is 0 Å². The number of aliphatic hydroxyl groups is 1. The summed E-state index contributed by atoms with van der Waals surface area (Å²) in [6.07, 6.45) is 6.21. The van der Waals surface area contributed by atoms with E-state index in [1.165, 1.54) is 12.8 Å². The molecular weight excluding hydrogens is 238 g/mol. The van der Waals surface area contributed by atoms with Crippen LogP contribution < -0.4 is 5.32 Å². The first-order chi connectivity index (χ1) is 9.33. The van der Waals surface area contributed by atoms with Crippen molar-refractivity contribution in [3.05, 3.63) is 30.6 Å². The lowest BCUT2D eigenvalue weighted by Gasteiger charge is -2.27. The topological polar surface area (TPSA) is 58.0 Å². The van der Waals surface area contributed by atoms with Crippen LogP contribution >= 0.6 is 0 Å². The highest BCUT2D eigenvalue weighted by Gasteiger charge is 2.33. The van der Waals surface area contributed by atoms with E-state index in [2.05, 4.69) is 15.3 Å². The molecule has 0 bridgehead atoms. The Balaban J connectivity index is 1.82. The third kappa shape index (κ3) is 2.40. The maximum absolute atomic E-state index is 9.64. The molecule has 1 aromatic heterocycles. The molecule has 0 aliphatic heterocycles. The number of aromatic nitrogens is 2. The Labute approximate surface area is 112 Å². The number of benzene rings is 1. The minimum absolute atomic E-state index is 0.0338. The second-order valence-corrected chi connectivity index (χ2v) is 5.46. The molecule has 2 aromatic rings. The zero-order valence-corrected chi connectivity index (χ0v) is 11.0. The lowest BCUT2D eigenvalue weighted by atomic mass is 9.87. The number of fused-ring (bicyclic) bond motifs is 1. The van der Waals surface area contributed by atoms with E-state index in [-0.39, 0.29) is 12.0 Å². The highest BCUT2D eigenvalue weighted by Crippen LogP contribution is 2.37. The largest absolute Gasteiger partial charge is 0.396 e. The average molecular weight is 257 g/mol. The minimum atomic E-state index is 0.0338. The van der Waals surface area contributed by atoms with Gasteiger partial charge >= 0.3 is 0 Å². The van der Waals surface area contributed by atoms with Crippen molar-refractivity contribution < 1.29 is 5.11 Å². The number of hydrogen-bond donors (Lipinski definition) is 2. The van der Waals surface area contributed by atoms with E-state index < -0.39 is 0 Å². The van der Waals surface area contributed by atoms with E-state index >= 15 is 0 Å². The number of hydrogen-bond acceptors (Lipinski definition) is 4. The van der Waals surface area contributed by atoms with Gasteiger partial charge in [-0.1, -0.05) is 25.0 Å². The van der Waals surface area contributed by atoms with E-state index in [4.69, 9.17) is 0 Å². The van der Waals surface area contributed by atoms with E-state index in [0.29, 0.717) is 0 Å². The fourth-order valence-electron chi connectivity index (χ4n) is 2.93. The summed E-state index contributed by atoms with van der Waals surface area (Å²) in [5, 5.41) is 14.1. The molecule has 0 spiro atoms. The molecule has 0 amide bonds. The predicted molar refractivity (Wildman–Crippen MR) is 76.0 cm³/mol. The van der Waals surface area contributed by atoms with E-state index in [0.717, 1.165) is 36.1 Å². The van der Waals surface area contributed by atoms with Crippen LogP contribution in [0.2, 0.25) is 0 Å². The van der Waals surface area contributed by atoms with Crippen LogP contribution in [0, 0.1) is 5.41 Å². The van der Waals surface area contributed by atoms with Gasteiger partial charge in [0.1, 0.15) is 12.1 Å². The minimum Gasteiger partial charge on any atom is -0.396 e. The first kappa shape index (κ1) is 12.4. The average Bonchev–Trinajstić information content (AvgIpc) is 2.94. The zero-order valence-electron chi connectivity index (χ0n) is 11.0. The molecule has 4 nitrogen and oxygen atoms in total. The van der Waals surface area contributed by atoms with Gasteiger partial charge in [-0.25, -0.2) is 9.97 Å². The van der Waals surface area contributed by atoms with Gasteiger partial charge < -0.3 is 10.4 Å². The van der Waals surface area contributed by atoms with Crippen LogP contribution in [0.5, 0.6) is 0 Å². The molecule has 0 saturated heterocycles. The summed E-state index contributed by atoms with van der Waals surface area (Å²) in [4.78, 5) is 8.59. The highest BCUT2D eigenvalue weighted by atomic mass is 16.3. The van der Waals surface area contributed by atoms with Crippen LogP contribution in [0.4, 0.5) is 5.82 Å². The number of nitrogens with one attached hydrogen (secondary N) is 1. The van der Waals surface area contributed by atoms with Crippen LogP contribution in [0.3, 0.4) is 0 Å². The molecule has 0 unspecified atom stereocenters. The standard InChI is InChI=1S/C15H19N3O/c19-10-15(7-3-4-8-15)9-16-14-12-5-1-2-6-13(12)17-11-18-14/h1-2,5-6,11,19H,3-4,7-10H2,(H,16,17,18). The van der Waals surface area contributed by atoms with Crippen molar-refractivity contribution in [3.63, 3.8) is 0 Å². The fourth-order valence-corrected chi connectivity index (χ4v) is 2.93. The van der Waals surface area contributed by atoms with E-state index in [9.17, 15) is 5.11 Å². The highest BCUT2D eigenvalue weighted by molar-refractivity contribution is 5.88. The Morgan fingerprint density at radius 2 is 1.95 bits per heavy atom. The maximum atomic E-state index is 9.64. The quantitative estimate of drug-likeness (QED) is 0.884. The number of nitrogens with zero attached hydrogens (tertiary/aromatic N) is 2. The van der Waals surface area contributed by atoms with Crippen molar-refractivity contribution in [2.75, 3.05) is 18.5 Å². The van der Waals surface area contributed by atoms with Gasteiger partial charge in [-0.2, -0.15) is 0 Å². The third-order valence-electron chi connectivity index (χ3n) is 4.17. The molecule has 1 aromatic carbocycles. The summed E-state index contributed by atoms with van der Waals surface area (Å²) >= 11 is 0. The maximum Gasteiger partial charge on any atom is 0.137 e. The molecule has 0 atom stereocenters. The van der Waals surface area contributed by atoms with Gasteiger partial charge in [0.25, 0.3) is 0 Å². The predicted octanol–water partition coefficient (Wildman–Crippen LogP) is 2.59. The van der Waals surface area contributed by atoms with Gasteiger partial charge in [-0.15, -0.1) is 0 Å². The third-order valence-corrected chi connectivity index (χ3v) is 4.17.